The summed E-state index contributed by atoms with van der Waals surface area (Å²) >= 11 is 0. The minimum atomic E-state index is -4.72. The Balaban J connectivity index is 5.04. The van der Waals surface area contributed by atoms with Gasteiger partial charge in [0.15, 0.2) is 0 Å². The van der Waals surface area contributed by atoms with Crippen molar-refractivity contribution in [1.82, 2.24) is 5.32 Å². The topological polar surface area (TPSA) is 114 Å². The number of allylic oxidation sites excluding steroid dienone is 19. The largest absolute Gasteiger partial charge is 0.756 e. The van der Waals surface area contributed by atoms with Crippen molar-refractivity contribution in [2.45, 2.75) is 335 Å². The van der Waals surface area contributed by atoms with Crippen LogP contribution in [0.4, 0.5) is 0 Å². The monoisotopic (exact) mass is 1270 g/mol. The molecule has 10 heteroatoms. The fourth-order valence-corrected chi connectivity index (χ4v) is 11.1. The molecule has 0 aromatic rings. The molecular weight excluding hydrogens is 1130 g/mol. The molecule has 0 aromatic heterocycles. The molecule has 0 bridgehead atoms. The molecular formula is C80H141N2O7P. The third-order valence-electron chi connectivity index (χ3n) is 16.1. The standard InChI is InChI=1S/C80H141N2O7P/c1-7-10-13-16-19-22-25-28-30-32-34-36-38-40-41-43-45-47-49-51-53-55-58-61-64-67-70-73-80(84)89-78(71-68-65-62-59-56-27-24-21-18-15-12-9-3)77(76-88-90(85,86)87-75-74-82(4,5)6)81-79(83)72-69-66-63-60-57-54-52-50-48-46-44-42-39-37-35-33-31-29-26-23-20-17-14-11-8-2/h11,14,19-20,22-23,28-31,34-37,40-42,44,68,71,77-78H,7-10,12-13,15-18,21,24-27,32-33,38-39,43,45-67,69-70,72-76H2,1-6H3,(H-,81,83,85,86)/b14-11-,22-19-,23-20-,30-28-,31-29-,36-34-,37-35-,41-40-,44-42-,71-68+. The quantitative estimate of drug-likeness (QED) is 0.0212. The van der Waals surface area contributed by atoms with Crippen LogP contribution < -0.4 is 10.2 Å². The zero-order valence-corrected chi connectivity index (χ0v) is 60.2. The van der Waals surface area contributed by atoms with Gasteiger partial charge in [-0.3, -0.25) is 14.2 Å². The van der Waals surface area contributed by atoms with E-state index in [1.165, 1.54) is 161 Å². The number of amides is 1. The first-order chi connectivity index (χ1) is 43.9. The number of hydrogen-bond donors (Lipinski definition) is 1. The minimum Gasteiger partial charge on any atom is -0.756 e. The summed E-state index contributed by atoms with van der Waals surface area (Å²) in [5.74, 6) is -0.550. The molecule has 0 rings (SSSR count). The lowest BCUT2D eigenvalue weighted by Crippen LogP contribution is -2.47. The Labute approximate surface area is 556 Å². The lowest BCUT2D eigenvalue weighted by Gasteiger charge is -2.30. The van der Waals surface area contributed by atoms with E-state index in [1.54, 1.807) is 0 Å². The summed E-state index contributed by atoms with van der Waals surface area (Å²) in [4.78, 5) is 40.3. The molecule has 0 aromatic carbocycles. The van der Waals surface area contributed by atoms with E-state index in [0.29, 0.717) is 17.4 Å². The molecule has 0 radical (unpaired) electrons. The Morgan fingerprint density at radius 3 is 1.09 bits per heavy atom. The van der Waals surface area contributed by atoms with Gasteiger partial charge < -0.3 is 28.5 Å². The van der Waals surface area contributed by atoms with E-state index in [0.717, 1.165) is 128 Å². The van der Waals surface area contributed by atoms with E-state index >= 15 is 0 Å². The third-order valence-corrected chi connectivity index (χ3v) is 17.1. The Morgan fingerprint density at radius 2 is 0.711 bits per heavy atom. The van der Waals surface area contributed by atoms with Crippen LogP contribution in [0.3, 0.4) is 0 Å². The van der Waals surface area contributed by atoms with Crippen LogP contribution in [0, 0.1) is 0 Å². The highest BCUT2D eigenvalue weighted by Crippen LogP contribution is 2.38. The van der Waals surface area contributed by atoms with E-state index in [4.69, 9.17) is 13.8 Å². The first-order valence-corrected chi connectivity index (χ1v) is 38.8. The van der Waals surface area contributed by atoms with E-state index < -0.39 is 26.6 Å². The van der Waals surface area contributed by atoms with Crippen molar-refractivity contribution in [3.63, 3.8) is 0 Å². The van der Waals surface area contributed by atoms with Gasteiger partial charge in [-0.25, -0.2) is 0 Å². The summed E-state index contributed by atoms with van der Waals surface area (Å²) in [5.41, 5.74) is 0. The van der Waals surface area contributed by atoms with Crippen molar-refractivity contribution in [3.8, 4) is 0 Å². The maximum Gasteiger partial charge on any atom is 0.306 e. The maximum atomic E-state index is 13.6. The zero-order chi connectivity index (χ0) is 65.6. The molecule has 0 aliphatic rings. The van der Waals surface area contributed by atoms with Gasteiger partial charge in [0.05, 0.1) is 33.8 Å². The van der Waals surface area contributed by atoms with Crippen molar-refractivity contribution in [1.29, 1.82) is 0 Å². The first-order valence-electron chi connectivity index (χ1n) is 37.3. The van der Waals surface area contributed by atoms with Gasteiger partial charge in [-0.15, -0.1) is 0 Å². The molecule has 0 aliphatic heterocycles. The van der Waals surface area contributed by atoms with Gasteiger partial charge in [-0.1, -0.05) is 310 Å². The van der Waals surface area contributed by atoms with Crippen LogP contribution in [0.1, 0.15) is 323 Å². The van der Waals surface area contributed by atoms with Crippen LogP contribution >= 0.6 is 7.82 Å². The Kier molecular flexibility index (Phi) is 65.6. The minimum absolute atomic E-state index is 0.0292. The average Bonchev–Trinajstić information content (AvgIpc) is 3.11. The van der Waals surface area contributed by atoms with Gasteiger partial charge in [0, 0.05) is 12.8 Å². The second-order valence-electron chi connectivity index (χ2n) is 26.1. The van der Waals surface area contributed by atoms with Crippen molar-refractivity contribution in [2.75, 3.05) is 40.9 Å². The summed E-state index contributed by atoms with van der Waals surface area (Å²) in [6.07, 6.45) is 96.1. The summed E-state index contributed by atoms with van der Waals surface area (Å²) in [6, 6.07) is -0.902. The van der Waals surface area contributed by atoms with Crippen molar-refractivity contribution in [2.24, 2.45) is 0 Å². The number of ether oxygens (including phenoxy) is 1. The smallest absolute Gasteiger partial charge is 0.306 e. The van der Waals surface area contributed by atoms with Crippen LogP contribution in [0.2, 0.25) is 0 Å². The van der Waals surface area contributed by atoms with Crippen LogP contribution in [0.5, 0.6) is 0 Å². The number of carbonyl (C=O) groups excluding carboxylic acids is 2. The zero-order valence-electron chi connectivity index (χ0n) is 59.3. The summed E-state index contributed by atoms with van der Waals surface area (Å²) in [6.45, 7) is 6.71. The molecule has 0 fully saturated rings. The molecule has 9 nitrogen and oxygen atoms in total. The van der Waals surface area contributed by atoms with Crippen LogP contribution in [0.25, 0.3) is 0 Å². The van der Waals surface area contributed by atoms with Gasteiger partial charge in [0.1, 0.15) is 19.3 Å². The molecule has 0 spiro atoms. The highest BCUT2D eigenvalue weighted by Gasteiger charge is 2.27. The molecule has 3 unspecified atom stereocenters. The number of nitrogens with one attached hydrogen (secondary N) is 1. The number of esters is 1. The van der Waals surface area contributed by atoms with E-state index in [1.807, 2.05) is 33.3 Å². The number of hydrogen-bond acceptors (Lipinski definition) is 7. The van der Waals surface area contributed by atoms with Crippen molar-refractivity contribution in [3.05, 3.63) is 122 Å². The second-order valence-corrected chi connectivity index (χ2v) is 27.5. The van der Waals surface area contributed by atoms with E-state index in [-0.39, 0.29) is 24.9 Å². The number of carbonyl (C=O) groups is 2. The van der Waals surface area contributed by atoms with Crippen molar-refractivity contribution >= 4 is 19.7 Å². The highest BCUT2D eigenvalue weighted by atomic mass is 31.2. The molecule has 90 heavy (non-hydrogen) atoms. The SMILES string of the molecule is CC/C=C\C/C=C\C/C=C\C/C=C\C/C=C\CCCCCCCCCCCC(=O)NC(COP(=O)([O-])OCC[N+](C)(C)C)C(/C=C/CCCCCCCCCCCC)OC(=O)CCCCCCCCCCCCC/C=C\C/C=C\C/C=C\C/C=C\CCCCC. The predicted octanol–water partition coefficient (Wildman–Crippen LogP) is 23.5. The predicted molar refractivity (Wildman–Crippen MR) is 390 cm³/mol. The fourth-order valence-electron chi connectivity index (χ4n) is 10.4. The Morgan fingerprint density at radius 1 is 0.400 bits per heavy atom. The number of quaternary nitrogens is 1. The number of nitrogens with zero attached hydrogens (tertiary/aromatic N) is 1. The van der Waals surface area contributed by atoms with Crippen LogP contribution in [0.15, 0.2) is 122 Å². The molecule has 0 saturated heterocycles. The Bertz CT molecular complexity index is 1960. The number of rotatable bonds is 67. The lowest BCUT2D eigenvalue weighted by atomic mass is 10.0. The summed E-state index contributed by atoms with van der Waals surface area (Å²) in [7, 11) is 1.17. The van der Waals surface area contributed by atoms with Gasteiger partial charge in [0.2, 0.25) is 5.91 Å². The Hall–Kier alpha value is -3.59. The molecule has 3 atom stereocenters. The van der Waals surface area contributed by atoms with Crippen molar-refractivity contribution < 1.29 is 37.3 Å². The summed E-state index contributed by atoms with van der Waals surface area (Å²) in [5, 5.41) is 3.04. The van der Waals surface area contributed by atoms with Gasteiger partial charge in [0.25, 0.3) is 7.82 Å². The number of phosphoric acid groups is 1. The molecule has 1 amide bonds. The molecule has 0 aliphatic carbocycles. The normalized spacial score (nSPS) is 14.2. The van der Waals surface area contributed by atoms with Crippen LogP contribution in [-0.2, 0) is 27.9 Å². The highest BCUT2D eigenvalue weighted by molar-refractivity contribution is 7.45. The first kappa shape index (κ1) is 86.4. The molecule has 0 saturated carbocycles. The van der Waals surface area contributed by atoms with Crippen LogP contribution in [-0.4, -0.2) is 69.4 Å². The molecule has 518 valence electrons. The maximum absolute atomic E-state index is 13.6. The average molecular weight is 1270 g/mol. The molecule has 0 heterocycles. The van der Waals surface area contributed by atoms with E-state index in [9.17, 15) is 19.0 Å². The summed E-state index contributed by atoms with van der Waals surface area (Å²) < 4.78 is 30.5. The van der Waals surface area contributed by atoms with Gasteiger partial charge in [-0.05, 0) is 122 Å². The molecule has 1 N–H and O–H groups in total. The number of likely N-dealkylation sites (N-methyl/N-ethyl adjacent to an activating group) is 1. The fraction of sp³-hybridized carbons (Fsp3) is 0.725. The third kappa shape index (κ3) is 68.8. The van der Waals surface area contributed by atoms with E-state index in [2.05, 4.69) is 135 Å². The number of unbranched alkanes of at least 4 members (excludes halogenated alkanes) is 33. The number of phosphoric ester groups is 1. The second kappa shape index (κ2) is 68.3. The van der Waals surface area contributed by atoms with Gasteiger partial charge >= 0.3 is 5.97 Å². The lowest BCUT2D eigenvalue weighted by molar-refractivity contribution is -0.870. The van der Waals surface area contributed by atoms with Gasteiger partial charge in [-0.2, -0.15) is 0 Å².